The van der Waals surface area contributed by atoms with Gasteiger partial charge in [-0.15, -0.1) is 10.2 Å². The number of aromatic nitrogens is 4. The predicted molar refractivity (Wildman–Crippen MR) is 87.0 cm³/mol. The molecule has 6 heteroatoms. The van der Waals surface area contributed by atoms with Crippen LogP contribution in [-0.4, -0.2) is 37.7 Å². The summed E-state index contributed by atoms with van der Waals surface area (Å²) in [6.45, 7) is 4.85. The second-order valence-electron chi connectivity index (χ2n) is 6.32. The van der Waals surface area contributed by atoms with Crippen molar-refractivity contribution in [1.82, 2.24) is 24.6 Å². The van der Waals surface area contributed by atoms with Crippen LogP contribution in [0.25, 0.3) is 11.1 Å². The van der Waals surface area contributed by atoms with Crippen LogP contribution in [0.5, 0.6) is 0 Å². The Morgan fingerprint density at radius 2 is 2.13 bits per heavy atom. The molecule has 1 fully saturated rings. The summed E-state index contributed by atoms with van der Waals surface area (Å²) in [6.07, 6.45) is 2.28. The van der Waals surface area contributed by atoms with Crippen molar-refractivity contribution in [3.05, 3.63) is 41.8 Å². The summed E-state index contributed by atoms with van der Waals surface area (Å²) in [5.74, 6) is 3.18. The van der Waals surface area contributed by atoms with E-state index in [1.807, 2.05) is 38.2 Å². The van der Waals surface area contributed by atoms with E-state index in [2.05, 4.69) is 24.6 Å². The molecule has 23 heavy (non-hydrogen) atoms. The zero-order chi connectivity index (χ0) is 15.8. The van der Waals surface area contributed by atoms with Gasteiger partial charge in [-0.2, -0.15) is 0 Å². The van der Waals surface area contributed by atoms with Crippen molar-refractivity contribution >= 4 is 11.1 Å². The molecule has 1 aromatic carbocycles. The van der Waals surface area contributed by atoms with Gasteiger partial charge in [-0.1, -0.05) is 12.1 Å². The highest BCUT2D eigenvalue weighted by molar-refractivity contribution is 5.72. The lowest BCUT2D eigenvalue weighted by atomic mass is 9.98. The van der Waals surface area contributed by atoms with Crippen LogP contribution in [0.1, 0.15) is 36.3 Å². The summed E-state index contributed by atoms with van der Waals surface area (Å²) < 4.78 is 8.02. The van der Waals surface area contributed by atoms with E-state index in [0.29, 0.717) is 5.92 Å². The van der Waals surface area contributed by atoms with Crippen LogP contribution in [0.3, 0.4) is 0 Å². The molecule has 0 amide bonds. The maximum Gasteiger partial charge on any atom is 0.199 e. The summed E-state index contributed by atoms with van der Waals surface area (Å²) in [6, 6.07) is 7.97. The highest BCUT2D eigenvalue weighted by atomic mass is 16.3. The Bertz CT molecular complexity index is 788. The number of rotatable bonds is 3. The molecule has 3 heterocycles. The first kappa shape index (κ1) is 14.4. The number of hydrogen-bond acceptors (Lipinski definition) is 5. The van der Waals surface area contributed by atoms with Crippen molar-refractivity contribution in [2.24, 2.45) is 7.05 Å². The van der Waals surface area contributed by atoms with Crippen LogP contribution in [0.15, 0.2) is 28.7 Å². The summed E-state index contributed by atoms with van der Waals surface area (Å²) in [4.78, 5) is 7.10. The minimum absolute atomic E-state index is 0.352. The number of aryl methyl sites for hydroxylation is 1. The van der Waals surface area contributed by atoms with E-state index in [4.69, 9.17) is 4.42 Å². The fourth-order valence-corrected chi connectivity index (χ4v) is 3.25. The van der Waals surface area contributed by atoms with E-state index in [9.17, 15) is 0 Å². The van der Waals surface area contributed by atoms with E-state index < -0.39 is 0 Å². The molecule has 0 saturated carbocycles. The molecule has 0 radical (unpaired) electrons. The van der Waals surface area contributed by atoms with Crippen molar-refractivity contribution in [2.75, 3.05) is 13.1 Å². The third-order valence-corrected chi connectivity index (χ3v) is 4.71. The quantitative estimate of drug-likeness (QED) is 0.744. The predicted octanol–water partition coefficient (Wildman–Crippen LogP) is 2.64. The summed E-state index contributed by atoms with van der Waals surface area (Å²) >= 11 is 0. The highest BCUT2D eigenvalue weighted by Crippen LogP contribution is 2.29. The van der Waals surface area contributed by atoms with Gasteiger partial charge in [0, 0.05) is 19.5 Å². The molecule has 0 spiro atoms. The van der Waals surface area contributed by atoms with E-state index >= 15 is 0 Å². The zero-order valence-electron chi connectivity index (χ0n) is 13.6. The molecular formula is C17H21N5O. The molecule has 1 aliphatic rings. The van der Waals surface area contributed by atoms with Gasteiger partial charge < -0.3 is 8.98 Å². The SMILES string of the molecule is Cc1nnc(CN2CCC[C@H](c3nc4ccccc4o3)C2)n1C. The first-order valence-electron chi connectivity index (χ1n) is 8.13. The molecule has 1 aliphatic heterocycles. The number of nitrogens with zero attached hydrogens (tertiary/aromatic N) is 5. The average Bonchev–Trinajstić information content (AvgIpc) is 3.14. The number of hydrogen-bond donors (Lipinski definition) is 0. The van der Waals surface area contributed by atoms with Gasteiger partial charge in [0.15, 0.2) is 11.5 Å². The van der Waals surface area contributed by atoms with E-state index in [1.165, 1.54) is 0 Å². The Labute approximate surface area is 135 Å². The second-order valence-corrected chi connectivity index (χ2v) is 6.32. The number of piperidine rings is 1. The molecule has 0 bridgehead atoms. The van der Waals surface area contributed by atoms with Crippen LogP contribution >= 0.6 is 0 Å². The van der Waals surface area contributed by atoms with Crippen molar-refractivity contribution in [3.8, 4) is 0 Å². The topological polar surface area (TPSA) is 60.0 Å². The lowest BCUT2D eigenvalue weighted by molar-refractivity contribution is 0.182. The fourth-order valence-electron chi connectivity index (χ4n) is 3.25. The lowest BCUT2D eigenvalue weighted by Crippen LogP contribution is -2.34. The van der Waals surface area contributed by atoms with E-state index in [-0.39, 0.29) is 0 Å². The Morgan fingerprint density at radius 3 is 2.91 bits per heavy atom. The molecule has 120 valence electrons. The second kappa shape index (κ2) is 5.77. The van der Waals surface area contributed by atoms with Crippen LogP contribution in [-0.2, 0) is 13.6 Å². The molecular weight excluding hydrogens is 290 g/mol. The van der Waals surface area contributed by atoms with Gasteiger partial charge in [0.1, 0.15) is 17.2 Å². The monoisotopic (exact) mass is 311 g/mol. The number of fused-ring (bicyclic) bond motifs is 1. The Balaban J connectivity index is 1.51. The number of likely N-dealkylation sites (tertiary alicyclic amines) is 1. The van der Waals surface area contributed by atoms with Crippen LogP contribution < -0.4 is 0 Å². The van der Waals surface area contributed by atoms with Crippen LogP contribution in [0, 0.1) is 6.92 Å². The molecule has 6 nitrogen and oxygen atoms in total. The highest BCUT2D eigenvalue weighted by Gasteiger charge is 2.26. The first-order valence-corrected chi connectivity index (χ1v) is 8.13. The normalized spacial score (nSPS) is 19.5. The van der Waals surface area contributed by atoms with Crippen molar-refractivity contribution in [1.29, 1.82) is 0 Å². The van der Waals surface area contributed by atoms with Gasteiger partial charge in [-0.05, 0) is 38.4 Å². The minimum atomic E-state index is 0.352. The molecule has 0 N–H and O–H groups in total. The van der Waals surface area contributed by atoms with Gasteiger partial charge in [0.25, 0.3) is 0 Å². The average molecular weight is 311 g/mol. The van der Waals surface area contributed by atoms with Crippen LogP contribution in [0.4, 0.5) is 0 Å². The van der Waals surface area contributed by atoms with E-state index in [0.717, 1.165) is 61.1 Å². The van der Waals surface area contributed by atoms with Gasteiger partial charge >= 0.3 is 0 Å². The molecule has 0 aliphatic carbocycles. The van der Waals surface area contributed by atoms with Crippen LogP contribution in [0.2, 0.25) is 0 Å². The number of oxazole rings is 1. The molecule has 4 rings (SSSR count). The van der Waals surface area contributed by atoms with Crippen molar-refractivity contribution in [2.45, 2.75) is 32.2 Å². The molecule has 3 aromatic rings. The first-order chi connectivity index (χ1) is 11.2. The maximum absolute atomic E-state index is 5.96. The molecule has 1 atom stereocenters. The molecule has 1 saturated heterocycles. The molecule has 2 aromatic heterocycles. The van der Waals surface area contributed by atoms with Gasteiger partial charge in [-0.25, -0.2) is 4.98 Å². The van der Waals surface area contributed by atoms with Gasteiger partial charge in [0.2, 0.25) is 0 Å². The Kier molecular flexibility index (Phi) is 3.61. The third kappa shape index (κ3) is 2.74. The summed E-state index contributed by atoms with van der Waals surface area (Å²) in [5.41, 5.74) is 1.83. The fraction of sp³-hybridized carbons (Fsp3) is 0.471. The largest absolute Gasteiger partial charge is 0.440 e. The molecule has 0 unspecified atom stereocenters. The Morgan fingerprint density at radius 1 is 1.26 bits per heavy atom. The minimum Gasteiger partial charge on any atom is -0.440 e. The number of benzene rings is 1. The third-order valence-electron chi connectivity index (χ3n) is 4.71. The lowest BCUT2D eigenvalue weighted by Gasteiger charge is -2.30. The maximum atomic E-state index is 5.96. The van der Waals surface area contributed by atoms with Crippen molar-refractivity contribution in [3.63, 3.8) is 0 Å². The number of para-hydroxylation sites is 2. The summed E-state index contributed by atoms with van der Waals surface area (Å²) in [7, 11) is 2.02. The summed E-state index contributed by atoms with van der Waals surface area (Å²) in [5, 5.41) is 8.42. The van der Waals surface area contributed by atoms with Crippen molar-refractivity contribution < 1.29 is 4.42 Å². The van der Waals surface area contributed by atoms with Gasteiger partial charge in [0.05, 0.1) is 6.54 Å². The standard InChI is InChI=1S/C17H21N5O/c1-12-19-20-16(21(12)2)11-22-9-5-6-13(10-22)17-18-14-7-3-4-8-15(14)23-17/h3-4,7-8,13H,5-6,9-11H2,1-2H3/t13-/m0/s1. The van der Waals surface area contributed by atoms with Gasteiger partial charge in [-0.3, -0.25) is 4.90 Å². The smallest absolute Gasteiger partial charge is 0.199 e. The zero-order valence-corrected chi connectivity index (χ0v) is 13.6. The van der Waals surface area contributed by atoms with E-state index in [1.54, 1.807) is 0 Å². The Hall–Kier alpha value is -2.21.